The van der Waals surface area contributed by atoms with Gasteiger partial charge in [0.1, 0.15) is 11.7 Å². The van der Waals surface area contributed by atoms with Crippen molar-refractivity contribution in [1.82, 2.24) is 0 Å². The highest BCUT2D eigenvalue weighted by Crippen LogP contribution is 2.48. The Morgan fingerprint density at radius 2 is 1.66 bits per heavy atom. The first-order chi connectivity index (χ1) is 15.5. The Morgan fingerprint density at radius 1 is 0.875 bits per heavy atom. The van der Waals surface area contributed by atoms with Gasteiger partial charge >= 0.3 is 0 Å². The quantitative estimate of drug-likeness (QED) is 0.578. The van der Waals surface area contributed by atoms with Crippen LogP contribution < -0.4 is 14.7 Å². The number of hydroxylamine groups is 1. The maximum Gasteiger partial charge on any atom is 0.266 e. The lowest BCUT2D eigenvalue weighted by Crippen LogP contribution is -2.37. The molecule has 3 atom stereocenters. The number of benzene rings is 3. The van der Waals surface area contributed by atoms with E-state index in [1.54, 1.807) is 12.2 Å². The van der Waals surface area contributed by atoms with Crippen LogP contribution in [0.1, 0.15) is 22.7 Å². The molecule has 2 heterocycles. The van der Waals surface area contributed by atoms with Gasteiger partial charge < -0.3 is 4.74 Å². The minimum absolute atomic E-state index is 0.252. The van der Waals surface area contributed by atoms with Crippen LogP contribution in [0.4, 0.5) is 11.4 Å². The second kappa shape index (κ2) is 7.80. The second-order valence-corrected chi connectivity index (χ2v) is 8.24. The highest BCUT2D eigenvalue weighted by molar-refractivity contribution is 6.24. The third-order valence-electron chi connectivity index (χ3n) is 6.15. The molecule has 0 saturated carbocycles. The number of hydrogen-bond donors (Lipinski definition) is 0. The molecule has 2 aliphatic rings. The van der Waals surface area contributed by atoms with Crippen LogP contribution in [-0.4, -0.2) is 25.0 Å². The maximum atomic E-state index is 13.7. The molecule has 2 fully saturated rings. The van der Waals surface area contributed by atoms with Gasteiger partial charge in [-0.2, -0.15) is 0 Å². The number of aryl methyl sites for hydroxylation is 2. The van der Waals surface area contributed by atoms with Gasteiger partial charge in [0.2, 0.25) is 5.91 Å². The number of ether oxygens (including phenoxy) is 1. The zero-order chi connectivity index (χ0) is 22.4. The second-order valence-electron chi connectivity index (χ2n) is 8.24. The van der Waals surface area contributed by atoms with E-state index in [9.17, 15) is 9.59 Å². The first-order valence-corrected chi connectivity index (χ1v) is 10.6. The Balaban J connectivity index is 1.60. The number of amides is 2. The summed E-state index contributed by atoms with van der Waals surface area (Å²) < 4.78 is 5.41. The van der Waals surface area contributed by atoms with Crippen LogP contribution in [0.5, 0.6) is 5.75 Å². The predicted molar refractivity (Wildman–Crippen MR) is 121 cm³/mol. The predicted octanol–water partition coefficient (Wildman–Crippen LogP) is 4.36. The third-order valence-corrected chi connectivity index (χ3v) is 6.15. The van der Waals surface area contributed by atoms with Crippen molar-refractivity contribution in [1.29, 1.82) is 0 Å². The molecule has 2 amide bonds. The molecule has 0 N–H and O–H groups in total. The SMILES string of the molecule is COc1cccc(C2C3C(=O)N(c4ccc(C)cc4C)C(=O)C3ON2c2ccccc2)c1. The van der Waals surface area contributed by atoms with Crippen molar-refractivity contribution in [3.05, 3.63) is 89.5 Å². The molecule has 6 nitrogen and oxygen atoms in total. The standard InChI is InChI=1S/C26H24N2O4/c1-16-12-13-21(17(2)14-16)27-25(29)22-23(18-8-7-11-20(15-18)31-3)28(32-24(22)26(27)30)19-9-5-4-6-10-19/h4-15,22-24H,1-3H3. The van der Waals surface area contributed by atoms with Gasteiger partial charge in [-0.1, -0.05) is 48.0 Å². The highest BCUT2D eigenvalue weighted by atomic mass is 16.7. The summed E-state index contributed by atoms with van der Waals surface area (Å²) in [5.74, 6) is -0.575. The largest absolute Gasteiger partial charge is 0.497 e. The number of imide groups is 1. The summed E-state index contributed by atoms with van der Waals surface area (Å²) in [4.78, 5) is 34.6. The zero-order valence-electron chi connectivity index (χ0n) is 18.2. The average Bonchev–Trinajstić information content (AvgIpc) is 3.31. The van der Waals surface area contributed by atoms with Crippen molar-refractivity contribution in [2.45, 2.75) is 26.0 Å². The van der Waals surface area contributed by atoms with Gasteiger partial charge in [-0.15, -0.1) is 0 Å². The number of carbonyl (C=O) groups is 2. The number of para-hydroxylation sites is 1. The molecule has 0 bridgehead atoms. The van der Waals surface area contributed by atoms with Gasteiger partial charge in [0.15, 0.2) is 6.10 Å². The lowest BCUT2D eigenvalue weighted by molar-refractivity contribution is -0.126. The monoisotopic (exact) mass is 428 g/mol. The number of nitrogens with zero attached hydrogens (tertiary/aromatic N) is 2. The number of anilines is 2. The smallest absolute Gasteiger partial charge is 0.266 e. The fourth-order valence-corrected chi connectivity index (χ4v) is 4.67. The fourth-order valence-electron chi connectivity index (χ4n) is 4.67. The van der Waals surface area contributed by atoms with E-state index in [4.69, 9.17) is 9.57 Å². The van der Waals surface area contributed by atoms with Crippen LogP contribution in [0.25, 0.3) is 0 Å². The van der Waals surface area contributed by atoms with Gasteiger partial charge in [0.25, 0.3) is 5.91 Å². The summed E-state index contributed by atoms with van der Waals surface area (Å²) in [5, 5.41) is 1.69. The lowest BCUT2D eigenvalue weighted by Gasteiger charge is -2.29. The third kappa shape index (κ3) is 3.15. The summed E-state index contributed by atoms with van der Waals surface area (Å²) in [7, 11) is 1.61. The van der Waals surface area contributed by atoms with Crippen molar-refractivity contribution in [2.75, 3.05) is 17.1 Å². The molecular formula is C26H24N2O4. The molecule has 0 aliphatic carbocycles. The molecule has 2 saturated heterocycles. The molecule has 0 radical (unpaired) electrons. The topological polar surface area (TPSA) is 59.1 Å². The molecule has 32 heavy (non-hydrogen) atoms. The molecule has 2 aliphatic heterocycles. The number of rotatable bonds is 4. The van der Waals surface area contributed by atoms with E-state index < -0.39 is 18.1 Å². The van der Waals surface area contributed by atoms with Crippen LogP contribution in [0, 0.1) is 19.8 Å². The van der Waals surface area contributed by atoms with E-state index in [0.717, 1.165) is 22.4 Å². The van der Waals surface area contributed by atoms with E-state index in [1.165, 1.54) is 4.90 Å². The van der Waals surface area contributed by atoms with E-state index >= 15 is 0 Å². The minimum atomic E-state index is -0.889. The van der Waals surface area contributed by atoms with Gasteiger partial charge in [0.05, 0.1) is 24.5 Å². The highest BCUT2D eigenvalue weighted by Gasteiger charge is 2.60. The van der Waals surface area contributed by atoms with Crippen molar-refractivity contribution in [3.63, 3.8) is 0 Å². The van der Waals surface area contributed by atoms with Gasteiger partial charge in [0, 0.05) is 0 Å². The van der Waals surface area contributed by atoms with Crippen LogP contribution in [0.15, 0.2) is 72.8 Å². The van der Waals surface area contributed by atoms with Crippen LogP contribution in [0.3, 0.4) is 0 Å². The molecule has 3 unspecified atom stereocenters. The molecule has 162 valence electrons. The van der Waals surface area contributed by atoms with Gasteiger partial charge in [-0.05, 0) is 55.3 Å². The molecule has 6 heteroatoms. The Bertz CT molecular complexity index is 1190. The van der Waals surface area contributed by atoms with Crippen molar-refractivity contribution in [2.24, 2.45) is 5.92 Å². The Hall–Kier alpha value is -3.64. The maximum absolute atomic E-state index is 13.7. The van der Waals surface area contributed by atoms with Crippen molar-refractivity contribution in [3.8, 4) is 5.75 Å². The van der Waals surface area contributed by atoms with Crippen molar-refractivity contribution >= 4 is 23.2 Å². The van der Waals surface area contributed by atoms with E-state index in [0.29, 0.717) is 11.4 Å². The summed E-state index contributed by atoms with van der Waals surface area (Å²) in [5.41, 5.74) is 4.20. The Kier molecular flexibility index (Phi) is 4.94. The normalized spacial score (nSPS) is 22.4. The number of carbonyl (C=O) groups excluding carboxylic acids is 2. The summed E-state index contributed by atoms with van der Waals surface area (Å²) in [6, 6.07) is 22.4. The summed E-state index contributed by atoms with van der Waals surface area (Å²) in [6.45, 7) is 3.90. The Labute approximate surface area is 186 Å². The molecule has 5 rings (SSSR count). The number of methoxy groups -OCH3 is 1. The molecular weight excluding hydrogens is 404 g/mol. The molecule has 0 aromatic heterocycles. The van der Waals surface area contributed by atoms with E-state index in [1.807, 2.05) is 86.6 Å². The number of fused-ring (bicyclic) bond motifs is 1. The Morgan fingerprint density at radius 3 is 2.38 bits per heavy atom. The van der Waals surface area contributed by atoms with E-state index in [2.05, 4.69) is 0 Å². The molecule has 3 aromatic rings. The fraction of sp³-hybridized carbons (Fsp3) is 0.231. The molecule has 3 aromatic carbocycles. The number of hydrogen-bond acceptors (Lipinski definition) is 5. The first kappa shape index (κ1) is 20.3. The van der Waals surface area contributed by atoms with E-state index in [-0.39, 0.29) is 11.8 Å². The summed E-state index contributed by atoms with van der Waals surface area (Å²) in [6.07, 6.45) is -0.889. The van der Waals surface area contributed by atoms with Gasteiger partial charge in [-0.3, -0.25) is 14.4 Å². The average molecular weight is 428 g/mol. The van der Waals surface area contributed by atoms with Crippen molar-refractivity contribution < 1.29 is 19.2 Å². The van der Waals surface area contributed by atoms with Crippen LogP contribution in [-0.2, 0) is 14.4 Å². The minimum Gasteiger partial charge on any atom is -0.497 e. The lowest BCUT2D eigenvalue weighted by atomic mass is 9.90. The van der Waals surface area contributed by atoms with Gasteiger partial charge in [-0.25, -0.2) is 9.96 Å². The zero-order valence-corrected chi connectivity index (χ0v) is 18.2. The van der Waals surface area contributed by atoms with Crippen LogP contribution in [0.2, 0.25) is 0 Å². The van der Waals surface area contributed by atoms with Crippen LogP contribution >= 0.6 is 0 Å². The summed E-state index contributed by atoms with van der Waals surface area (Å²) >= 11 is 0. The first-order valence-electron chi connectivity index (χ1n) is 10.6. The molecule has 0 spiro atoms.